The number of ether oxygens (including phenoxy) is 1. The molecule has 112 valence electrons. The SMILES string of the molecule is O=[N+]([O-])[C@H](Cc1ccccc1)C1=N[C@H](c2ccccc2)CO1. The van der Waals surface area contributed by atoms with Gasteiger partial charge in [-0.05, 0) is 11.1 Å². The maximum atomic E-state index is 11.4. The average Bonchev–Trinajstić information content (AvgIpc) is 3.04. The summed E-state index contributed by atoms with van der Waals surface area (Å²) in [5, 5.41) is 11.4. The minimum absolute atomic E-state index is 0.158. The molecule has 22 heavy (non-hydrogen) atoms. The van der Waals surface area contributed by atoms with E-state index in [1.54, 1.807) is 0 Å². The summed E-state index contributed by atoms with van der Waals surface area (Å²) in [4.78, 5) is 15.5. The summed E-state index contributed by atoms with van der Waals surface area (Å²) in [7, 11) is 0. The van der Waals surface area contributed by atoms with Crippen molar-refractivity contribution in [1.82, 2.24) is 0 Å². The highest BCUT2D eigenvalue weighted by molar-refractivity contribution is 5.82. The molecule has 0 fully saturated rings. The first kappa shape index (κ1) is 14.3. The van der Waals surface area contributed by atoms with Crippen molar-refractivity contribution in [3.8, 4) is 0 Å². The third-order valence-electron chi connectivity index (χ3n) is 3.67. The Labute approximate surface area is 128 Å². The van der Waals surface area contributed by atoms with Gasteiger partial charge >= 0.3 is 0 Å². The van der Waals surface area contributed by atoms with Gasteiger partial charge < -0.3 is 4.74 Å². The third kappa shape index (κ3) is 3.14. The van der Waals surface area contributed by atoms with Crippen molar-refractivity contribution in [2.24, 2.45) is 4.99 Å². The number of hydrogen-bond acceptors (Lipinski definition) is 4. The van der Waals surface area contributed by atoms with Crippen LogP contribution in [0.5, 0.6) is 0 Å². The molecule has 0 N–H and O–H groups in total. The minimum Gasteiger partial charge on any atom is -0.473 e. The van der Waals surface area contributed by atoms with E-state index in [9.17, 15) is 10.1 Å². The lowest BCUT2D eigenvalue weighted by molar-refractivity contribution is -0.504. The van der Waals surface area contributed by atoms with E-state index in [1.807, 2.05) is 60.7 Å². The number of aliphatic imine (C=N–C) groups is 1. The van der Waals surface area contributed by atoms with Crippen LogP contribution in [-0.4, -0.2) is 23.5 Å². The number of nitro groups is 1. The molecule has 0 aromatic heterocycles. The summed E-state index contributed by atoms with van der Waals surface area (Å²) in [6.45, 7) is 0.360. The largest absolute Gasteiger partial charge is 0.473 e. The molecule has 5 nitrogen and oxygen atoms in total. The summed E-state index contributed by atoms with van der Waals surface area (Å²) >= 11 is 0. The molecule has 0 amide bonds. The minimum atomic E-state index is -0.934. The molecule has 0 saturated carbocycles. The second-order valence-electron chi connectivity index (χ2n) is 5.20. The van der Waals surface area contributed by atoms with Gasteiger partial charge in [-0.25, -0.2) is 4.99 Å². The molecule has 2 aromatic carbocycles. The monoisotopic (exact) mass is 296 g/mol. The highest BCUT2D eigenvalue weighted by Gasteiger charge is 2.34. The van der Waals surface area contributed by atoms with Crippen molar-refractivity contribution < 1.29 is 9.66 Å². The maximum Gasteiger partial charge on any atom is 0.290 e. The van der Waals surface area contributed by atoms with Gasteiger partial charge in [0.25, 0.3) is 11.9 Å². The van der Waals surface area contributed by atoms with E-state index in [-0.39, 0.29) is 23.3 Å². The van der Waals surface area contributed by atoms with E-state index in [2.05, 4.69) is 4.99 Å². The Kier molecular flexibility index (Phi) is 4.14. The van der Waals surface area contributed by atoms with Crippen molar-refractivity contribution in [2.75, 3.05) is 6.61 Å². The number of rotatable bonds is 5. The molecule has 0 aliphatic carbocycles. The van der Waals surface area contributed by atoms with Gasteiger partial charge in [-0.15, -0.1) is 0 Å². The standard InChI is InChI=1S/C17H16N2O3/c20-19(21)16(11-13-7-3-1-4-8-13)17-18-15(12-22-17)14-9-5-2-6-10-14/h1-10,15-16H,11-12H2/t15-,16+/m0/s1. The average molecular weight is 296 g/mol. The molecular formula is C17H16N2O3. The molecule has 0 bridgehead atoms. The summed E-state index contributed by atoms with van der Waals surface area (Å²) in [6.07, 6.45) is 0.286. The van der Waals surface area contributed by atoms with Crippen LogP contribution in [0.2, 0.25) is 0 Å². The molecular weight excluding hydrogens is 280 g/mol. The van der Waals surface area contributed by atoms with Crippen molar-refractivity contribution in [3.05, 3.63) is 81.9 Å². The fourth-order valence-electron chi connectivity index (χ4n) is 2.51. The van der Waals surface area contributed by atoms with Crippen LogP contribution in [0.4, 0.5) is 0 Å². The van der Waals surface area contributed by atoms with E-state index in [0.717, 1.165) is 11.1 Å². The Balaban J connectivity index is 1.79. The van der Waals surface area contributed by atoms with Gasteiger partial charge in [-0.2, -0.15) is 0 Å². The highest BCUT2D eigenvalue weighted by Crippen LogP contribution is 2.24. The van der Waals surface area contributed by atoms with Gasteiger partial charge in [0.2, 0.25) is 0 Å². The van der Waals surface area contributed by atoms with Gasteiger partial charge in [0.05, 0.1) is 0 Å². The number of nitrogens with zero attached hydrogens (tertiary/aromatic N) is 2. The highest BCUT2D eigenvalue weighted by atomic mass is 16.6. The van der Waals surface area contributed by atoms with E-state index < -0.39 is 6.04 Å². The van der Waals surface area contributed by atoms with E-state index in [1.165, 1.54) is 0 Å². The normalized spacial score (nSPS) is 18.4. The van der Waals surface area contributed by atoms with E-state index in [4.69, 9.17) is 4.74 Å². The Morgan fingerprint density at radius 1 is 1.14 bits per heavy atom. The van der Waals surface area contributed by atoms with Crippen molar-refractivity contribution in [2.45, 2.75) is 18.5 Å². The molecule has 2 atom stereocenters. The molecule has 1 aliphatic rings. The smallest absolute Gasteiger partial charge is 0.290 e. The fraction of sp³-hybridized carbons (Fsp3) is 0.235. The Bertz CT molecular complexity index is 671. The van der Waals surface area contributed by atoms with Crippen molar-refractivity contribution in [3.63, 3.8) is 0 Å². The molecule has 0 saturated heterocycles. The zero-order valence-electron chi connectivity index (χ0n) is 12.0. The first-order valence-electron chi connectivity index (χ1n) is 7.17. The van der Waals surface area contributed by atoms with Crippen LogP contribution in [0, 0.1) is 10.1 Å². The number of benzene rings is 2. The Hall–Kier alpha value is -2.69. The lowest BCUT2D eigenvalue weighted by atomic mass is 10.1. The van der Waals surface area contributed by atoms with E-state index in [0.29, 0.717) is 6.61 Å². The van der Waals surface area contributed by atoms with Gasteiger partial charge in [0.1, 0.15) is 12.6 Å². The molecule has 0 spiro atoms. The molecule has 1 aliphatic heterocycles. The molecule has 3 rings (SSSR count). The maximum absolute atomic E-state index is 11.4. The van der Waals surface area contributed by atoms with Crippen LogP contribution in [0.25, 0.3) is 0 Å². The van der Waals surface area contributed by atoms with Crippen LogP contribution in [0.3, 0.4) is 0 Å². The summed E-state index contributed by atoms with van der Waals surface area (Å²) < 4.78 is 5.52. The Morgan fingerprint density at radius 3 is 2.41 bits per heavy atom. The quantitative estimate of drug-likeness (QED) is 0.629. The van der Waals surface area contributed by atoms with Gasteiger partial charge in [0, 0.05) is 11.3 Å². The van der Waals surface area contributed by atoms with Crippen molar-refractivity contribution in [1.29, 1.82) is 0 Å². The first-order valence-corrected chi connectivity index (χ1v) is 7.17. The summed E-state index contributed by atoms with van der Waals surface area (Å²) in [5.74, 6) is 0.225. The first-order chi connectivity index (χ1) is 10.7. The Morgan fingerprint density at radius 2 is 1.77 bits per heavy atom. The molecule has 2 aromatic rings. The molecule has 0 unspecified atom stereocenters. The zero-order chi connectivity index (χ0) is 15.4. The van der Waals surface area contributed by atoms with Crippen LogP contribution in [0.15, 0.2) is 65.7 Å². The van der Waals surface area contributed by atoms with E-state index >= 15 is 0 Å². The summed E-state index contributed by atoms with van der Waals surface area (Å²) in [5.41, 5.74) is 1.91. The molecule has 5 heteroatoms. The fourth-order valence-corrected chi connectivity index (χ4v) is 2.51. The predicted molar refractivity (Wildman–Crippen MR) is 83.5 cm³/mol. The third-order valence-corrected chi connectivity index (χ3v) is 3.67. The molecule has 0 radical (unpaired) electrons. The second kappa shape index (κ2) is 6.39. The lowest BCUT2D eigenvalue weighted by Gasteiger charge is -2.08. The zero-order valence-corrected chi connectivity index (χ0v) is 12.0. The van der Waals surface area contributed by atoms with Crippen LogP contribution in [-0.2, 0) is 11.2 Å². The molecule has 1 heterocycles. The van der Waals surface area contributed by atoms with Crippen molar-refractivity contribution >= 4 is 5.90 Å². The van der Waals surface area contributed by atoms with Crippen LogP contribution in [0.1, 0.15) is 17.2 Å². The predicted octanol–water partition coefficient (Wildman–Crippen LogP) is 3.04. The van der Waals surface area contributed by atoms with Gasteiger partial charge in [0.15, 0.2) is 0 Å². The van der Waals surface area contributed by atoms with Gasteiger partial charge in [-0.3, -0.25) is 10.1 Å². The van der Waals surface area contributed by atoms with Crippen LogP contribution < -0.4 is 0 Å². The summed E-state index contributed by atoms with van der Waals surface area (Å²) in [6, 6.07) is 18.0. The lowest BCUT2D eigenvalue weighted by Crippen LogP contribution is -2.32. The van der Waals surface area contributed by atoms with Crippen LogP contribution >= 0.6 is 0 Å². The number of hydrogen-bond donors (Lipinski definition) is 0. The van der Waals surface area contributed by atoms with Gasteiger partial charge in [-0.1, -0.05) is 60.7 Å². The second-order valence-corrected chi connectivity index (χ2v) is 5.20. The topological polar surface area (TPSA) is 64.7 Å².